The number of hydrogen-bond acceptors (Lipinski definition) is 3. The van der Waals surface area contributed by atoms with Crippen molar-refractivity contribution in [2.75, 3.05) is 14.2 Å². The number of halogens is 3. The van der Waals surface area contributed by atoms with Gasteiger partial charge in [-0.1, -0.05) is 0 Å². The van der Waals surface area contributed by atoms with Gasteiger partial charge < -0.3 is 10.1 Å². The van der Waals surface area contributed by atoms with Crippen LogP contribution in [0, 0.1) is 11.8 Å². The third-order valence-corrected chi connectivity index (χ3v) is 4.48. The summed E-state index contributed by atoms with van der Waals surface area (Å²) >= 11 is 0. The van der Waals surface area contributed by atoms with Crippen LogP contribution in [0.5, 0.6) is 5.75 Å². The van der Waals surface area contributed by atoms with E-state index in [1.54, 1.807) is 18.0 Å². The van der Waals surface area contributed by atoms with Gasteiger partial charge in [-0.15, -0.1) is 0 Å². The number of aromatic nitrogens is 2. The molecule has 0 aliphatic heterocycles. The number of aryl methyl sites for hydroxylation is 1. The van der Waals surface area contributed by atoms with Gasteiger partial charge in [-0.05, 0) is 38.6 Å². The molecule has 1 saturated carbocycles. The third kappa shape index (κ3) is 3.33. The lowest BCUT2D eigenvalue weighted by atomic mass is 9.77. The molecule has 0 amide bonds. The van der Waals surface area contributed by atoms with Crippen LogP contribution in [0.2, 0.25) is 0 Å². The third-order valence-electron chi connectivity index (χ3n) is 4.48. The Kier molecular flexibility index (Phi) is 4.81. The summed E-state index contributed by atoms with van der Waals surface area (Å²) in [6.07, 6.45) is -0.904. The van der Waals surface area contributed by atoms with Gasteiger partial charge in [-0.3, -0.25) is 4.68 Å². The van der Waals surface area contributed by atoms with E-state index >= 15 is 0 Å². The van der Waals surface area contributed by atoms with Crippen molar-refractivity contribution in [2.24, 2.45) is 18.9 Å². The Balaban J connectivity index is 2.11. The van der Waals surface area contributed by atoms with E-state index in [0.29, 0.717) is 18.6 Å². The van der Waals surface area contributed by atoms with Crippen molar-refractivity contribution in [1.82, 2.24) is 15.1 Å². The maximum Gasteiger partial charge on any atom is 0.391 e. The number of nitrogens with zero attached hydrogens (tertiary/aromatic N) is 2. The van der Waals surface area contributed by atoms with Gasteiger partial charge in [0.25, 0.3) is 0 Å². The molecule has 0 aromatic carbocycles. The molecule has 0 radical (unpaired) electrons. The minimum absolute atomic E-state index is 0.0402. The van der Waals surface area contributed by atoms with Crippen LogP contribution in [0.1, 0.15) is 37.4 Å². The Morgan fingerprint density at radius 3 is 2.43 bits per heavy atom. The fourth-order valence-electron chi connectivity index (χ4n) is 3.31. The van der Waals surface area contributed by atoms with Crippen LogP contribution < -0.4 is 10.1 Å². The summed E-state index contributed by atoms with van der Waals surface area (Å²) in [6, 6.07) is -0.0402. The molecule has 1 unspecified atom stereocenters. The fraction of sp³-hybridized carbons (Fsp3) is 0.786. The molecule has 1 N–H and O–H groups in total. The second kappa shape index (κ2) is 6.25. The Morgan fingerprint density at radius 2 is 1.95 bits per heavy atom. The van der Waals surface area contributed by atoms with Crippen LogP contribution in [-0.4, -0.2) is 30.1 Å². The van der Waals surface area contributed by atoms with Gasteiger partial charge in [-0.2, -0.15) is 18.3 Å². The molecule has 1 heterocycles. The van der Waals surface area contributed by atoms with Crippen LogP contribution in [0.4, 0.5) is 13.2 Å². The van der Waals surface area contributed by atoms with Crippen LogP contribution >= 0.6 is 0 Å². The molecule has 0 bridgehead atoms. The molecule has 4 nitrogen and oxygen atoms in total. The fourth-order valence-corrected chi connectivity index (χ4v) is 3.31. The zero-order valence-corrected chi connectivity index (χ0v) is 12.6. The van der Waals surface area contributed by atoms with E-state index in [0.717, 1.165) is 5.69 Å². The SMILES string of the molecule is CNC(c1c(OC)cnn1C)C1CCC(C(F)(F)F)CC1. The zero-order chi connectivity index (χ0) is 15.6. The Bertz CT molecular complexity index is 465. The molecule has 0 saturated heterocycles. The van der Waals surface area contributed by atoms with Crippen molar-refractivity contribution in [2.45, 2.75) is 37.9 Å². The average Bonchev–Trinajstić information content (AvgIpc) is 2.81. The Morgan fingerprint density at radius 1 is 1.33 bits per heavy atom. The van der Waals surface area contributed by atoms with E-state index in [4.69, 9.17) is 4.74 Å². The standard InChI is InChI=1S/C14H22F3N3O/c1-18-12(13-11(21-3)8-19-20(13)2)9-4-6-10(7-5-9)14(15,16)17/h8-10,12,18H,4-7H2,1-3H3. The molecule has 1 aromatic rings. The topological polar surface area (TPSA) is 39.1 Å². The summed E-state index contributed by atoms with van der Waals surface area (Å²) in [6.45, 7) is 0. The van der Waals surface area contributed by atoms with E-state index in [1.807, 2.05) is 14.1 Å². The average molecular weight is 305 g/mol. The highest BCUT2D eigenvalue weighted by molar-refractivity contribution is 5.28. The monoisotopic (exact) mass is 305 g/mol. The molecule has 1 aromatic heterocycles. The van der Waals surface area contributed by atoms with Crippen LogP contribution in [-0.2, 0) is 7.05 Å². The second-order valence-electron chi connectivity index (χ2n) is 5.64. The highest BCUT2D eigenvalue weighted by Crippen LogP contribution is 2.44. The highest BCUT2D eigenvalue weighted by atomic mass is 19.4. The van der Waals surface area contributed by atoms with Crippen LogP contribution in [0.15, 0.2) is 6.20 Å². The number of ether oxygens (including phenoxy) is 1. The van der Waals surface area contributed by atoms with Gasteiger partial charge >= 0.3 is 6.18 Å². The predicted octanol–water partition coefficient (Wildman–Crippen LogP) is 3.06. The number of methoxy groups -OCH3 is 1. The first kappa shape index (κ1) is 16.1. The number of hydrogen-bond donors (Lipinski definition) is 1. The smallest absolute Gasteiger partial charge is 0.391 e. The maximum atomic E-state index is 12.8. The minimum atomic E-state index is -4.07. The van der Waals surface area contributed by atoms with Crippen molar-refractivity contribution in [3.05, 3.63) is 11.9 Å². The van der Waals surface area contributed by atoms with Crippen LogP contribution in [0.3, 0.4) is 0 Å². The largest absolute Gasteiger partial charge is 0.493 e. The summed E-state index contributed by atoms with van der Waals surface area (Å²) in [7, 11) is 5.23. The van der Waals surface area contributed by atoms with E-state index in [2.05, 4.69) is 10.4 Å². The molecule has 1 fully saturated rings. The second-order valence-corrected chi connectivity index (χ2v) is 5.64. The zero-order valence-electron chi connectivity index (χ0n) is 12.6. The Labute approximate surface area is 122 Å². The first-order valence-electron chi connectivity index (χ1n) is 7.18. The summed E-state index contributed by atoms with van der Waals surface area (Å²) in [5.74, 6) is -0.313. The summed E-state index contributed by atoms with van der Waals surface area (Å²) in [5.41, 5.74) is 0.899. The van der Waals surface area contributed by atoms with Gasteiger partial charge in [0.1, 0.15) is 0 Å². The summed E-state index contributed by atoms with van der Waals surface area (Å²) in [5, 5.41) is 7.40. The van der Waals surface area contributed by atoms with Crippen molar-refractivity contribution < 1.29 is 17.9 Å². The molecule has 1 aliphatic rings. The predicted molar refractivity (Wildman–Crippen MR) is 73.1 cm³/mol. The normalized spacial score (nSPS) is 24.9. The summed E-state index contributed by atoms with van der Waals surface area (Å²) < 4.78 is 45.3. The molecule has 21 heavy (non-hydrogen) atoms. The van der Waals surface area contributed by atoms with Crippen molar-refractivity contribution in [1.29, 1.82) is 0 Å². The number of nitrogens with one attached hydrogen (secondary N) is 1. The molecule has 120 valence electrons. The molecule has 1 atom stereocenters. The molecule has 1 aliphatic carbocycles. The molecule has 7 heteroatoms. The lowest BCUT2D eigenvalue weighted by molar-refractivity contribution is -0.184. The van der Waals surface area contributed by atoms with Crippen LogP contribution in [0.25, 0.3) is 0 Å². The van der Waals surface area contributed by atoms with Crippen molar-refractivity contribution >= 4 is 0 Å². The van der Waals surface area contributed by atoms with Gasteiger partial charge in [0.15, 0.2) is 5.75 Å². The molecule has 2 rings (SSSR count). The lowest BCUT2D eigenvalue weighted by Crippen LogP contribution is -2.34. The van der Waals surface area contributed by atoms with E-state index in [1.165, 1.54) is 0 Å². The maximum absolute atomic E-state index is 12.8. The van der Waals surface area contributed by atoms with Crippen molar-refractivity contribution in [3.63, 3.8) is 0 Å². The molecular formula is C14H22F3N3O. The molecular weight excluding hydrogens is 283 g/mol. The van der Waals surface area contributed by atoms with Crippen molar-refractivity contribution in [3.8, 4) is 5.75 Å². The van der Waals surface area contributed by atoms with Gasteiger partial charge in [0.05, 0.1) is 31.0 Å². The van der Waals surface area contributed by atoms with E-state index < -0.39 is 12.1 Å². The van der Waals surface area contributed by atoms with Gasteiger partial charge in [0.2, 0.25) is 0 Å². The van der Waals surface area contributed by atoms with E-state index in [9.17, 15) is 13.2 Å². The van der Waals surface area contributed by atoms with Gasteiger partial charge in [-0.25, -0.2) is 0 Å². The molecule has 0 spiro atoms. The minimum Gasteiger partial charge on any atom is -0.493 e. The quantitative estimate of drug-likeness (QED) is 0.929. The lowest BCUT2D eigenvalue weighted by Gasteiger charge is -2.34. The first-order chi connectivity index (χ1) is 9.88. The van der Waals surface area contributed by atoms with Gasteiger partial charge in [0, 0.05) is 7.05 Å². The van der Waals surface area contributed by atoms with E-state index in [-0.39, 0.29) is 24.8 Å². The summed E-state index contributed by atoms with van der Waals surface area (Å²) in [4.78, 5) is 0. The number of alkyl halides is 3. The highest BCUT2D eigenvalue weighted by Gasteiger charge is 2.43. The Hall–Kier alpha value is -1.24. The first-order valence-corrected chi connectivity index (χ1v) is 7.18. The number of rotatable bonds is 4.